The van der Waals surface area contributed by atoms with Crippen molar-refractivity contribution in [1.29, 1.82) is 0 Å². The van der Waals surface area contributed by atoms with Gasteiger partial charge in [-0.15, -0.1) is 0 Å². The lowest BCUT2D eigenvalue weighted by Crippen LogP contribution is -2.40. The fraction of sp³-hybridized carbons (Fsp3) is 0.375. The molecule has 1 aromatic rings. The molecule has 9 heteroatoms. The van der Waals surface area contributed by atoms with E-state index in [4.69, 9.17) is 0 Å². The van der Waals surface area contributed by atoms with Gasteiger partial charge in [-0.3, -0.25) is 0 Å². The Morgan fingerprint density at radius 3 is 1.65 bits per heavy atom. The standard InChI is InChI=1S/C8H11NO6S2/c1-9-7(5-16(10,11)12)3-2-4-8(9)6-17(13,14)15/h2-4H,5-6H2,1H3,(H-,10,11,12,13,14,15)/p-1. The first-order valence-corrected chi connectivity index (χ1v) is 7.58. The van der Waals surface area contributed by atoms with E-state index in [0.29, 0.717) is 0 Å². The van der Waals surface area contributed by atoms with Crippen molar-refractivity contribution in [2.24, 2.45) is 7.05 Å². The lowest BCUT2D eigenvalue weighted by Gasteiger charge is -2.09. The van der Waals surface area contributed by atoms with Crippen LogP contribution in [0.3, 0.4) is 0 Å². The monoisotopic (exact) mass is 280 g/mol. The molecule has 0 aliphatic rings. The second kappa shape index (κ2) is 4.69. The largest absolute Gasteiger partial charge is 0.748 e. The maximum atomic E-state index is 10.6. The number of rotatable bonds is 4. The molecule has 0 saturated heterocycles. The number of hydrogen-bond acceptors (Lipinski definition) is 6. The Morgan fingerprint density at radius 1 is 1.00 bits per heavy atom. The molecule has 0 aliphatic carbocycles. The Kier molecular flexibility index (Phi) is 3.87. The quantitative estimate of drug-likeness (QED) is 0.494. The van der Waals surface area contributed by atoms with E-state index in [2.05, 4.69) is 0 Å². The summed E-state index contributed by atoms with van der Waals surface area (Å²) in [4.78, 5) is 0. The Labute approximate surface area is 99.2 Å². The van der Waals surface area contributed by atoms with Crippen LogP contribution < -0.4 is 4.57 Å². The molecule has 7 nitrogen and oxygen atoms in total. The Bertz CT molecular complexity index is 567. The van der Waals surface area contributed by atoms with Gasteiger partial charge in [0.25, 0.3) is 0 Å². The molecule has 1 aromatic heterocycles. The van der Waals surface area contributed by atoms with Gasteiger partial charge in [0, 0.05) is 12.1 Å². The Balaban J connectivity index is 3.16. The van der Waals surface area contributed by atoms with E-state index in [1.54, 1.807) is 0 Å². The third-order valence-corrected chi connectivity index (χ3v) is 3.39. The van der Waals surface area contributed by atoms with E-state index in [1.165, 1.54) is 29.8 Å². The van der Waals surface area contributed by atoms with E-state index < -0.39 is 31.7 Å². The van der Waals surface area contributed by atoms with Gasteiger partial charge in [-0.05, 0) is 6.07 Å². The molecule has 0 radical (unpaired) electrons. The summed E-state index contributed by atoms with van der Waals surface area (Å²) in [7, 11) is -7.53. The smallest absolute Gasteiger partial charge is 0.195 e. The van der Waals surface area contributed by atoms with Crippen LogP contribution in [0.15, 0.2) is 18.2 Å². The molecule has 0 aromatic carbocycles. The van der Waals surface area contributed by atoms with Crippen molar-refractivity contribution in [2.45, 2.75) is 11.5 Å². The maximum absolute atomic E-state index is 10.6. The SMILES string of the molecule is C[n+]1c(CS(=O)(=O)[O-])cccc1CS(=O)(=O)[O-]. The molecule has 0 atom stereocenters. The summed E-state index contributed by atoms with van der Waals surface area (Å²) in [5.74, 6) is -1.51. The van der Waals surface area contributed by atoms with Crippen LogP contribution in [0.4, 0.5) is 0 Å². The summed E-state index contributed by atoms with van der Waals surface area (Å²) in [5.41, 5.74) is 0.252. The molecule has 0 amide bonds. The van der Waals surface area contributed by atoms with Crippen molar-refractivity contribution < 1.29 is 30.5 Å². The molecule has 0 aliphatic heterocycles. The van der Waals surface area contributed by atoms with E-state index in [9.17, 15) is 25.9 Å². The van der Waals surface area contributed by atoms with Crippen LogP contribution in [0.25, 0.3) is 0 Å². The predicted octanol–water partition coefficient (Wildman–Crippen LogP) is -1.40. The minimum Gasteiger partial charge on any atom is -0.748 e. The molecule has 96 valence electrons. The first-order chi connectivity index (χ1) is 7.58. The van der Waals surface area contributed by atoms with Gasteiger partial charge >= 0.3 is 0 Å². The highest BCUT2D eigenvalue weighted by Crippen LogP contribution is 2.04. The van der Waals surface area contributed by atoms with Gasteiger partial charge in [0.05, 0.1) is 0 Å². The highest BCUT2D eigenvalue weighted by atomic mass is 32.2. The average molecular weight is 280 g/mol. The third-order valence-electron chi connectivity index (χ3n) is 2.09. The first kappa shape index (κ1) is 14.0. The second-order valence-corrected chi connectivity index (χ2v) is 6.28. The molecule has 17 heavy (non-hydrogen) atoms. The fourth-order valence-corrected chi connectivity index (χ4v) is 2.63. The minimum atomic E-state index is -4.46. The summed E-state index contributed by atoms with van der Waals surface area (Å²) in [6.07, 6.45) is 0. The highest BCUT2D eigenvalue weighted by Gasteiger charge is 2.16. The van der Waals surface area contributed by atoms with Crippen molar-refractivity contribution in [2.75, 3.05) is 0 Å². The van der Waals surface area contributed by atoms with Crippen molar-refractivity contribution in [3.05, 3.63) is 29.6 Å². The van der Waals surface area contributed by atoms with Crippen LogP contribution in [0.5, 0.6) is 0 Å². The van der Waals surface area contributed by atoms with Crippen LogP contribution in [0, 0.1) is 0 Å². The molecule has 0 N–H and O–H groups in total. The highest BCUT2D eigenvalue weighted by molar-refractivity contribution is 7.85. The molecule has 1 heterocycles. The van der Waals surface area contributed by atoms with Crippen LogP contribution in [-0.2, 0) is 38.8 Å². The number of hydrogen-bond donors (Lipinski definition) is 0. The molecular formula is C8H10NO6S2-. The maximum Gasteiger partial charge on any atom is 0.195 e. The van der Waals surface area contributed by atoms with Crippen LogP contribution in [0.2, 0.25) is 0 Å². The molecule has 0 bridgehead atoms. The molecular weight excluding hydrogens is 270 g/mol. The fourth-order valence-electron chi connectivity index (χ4n) is 1.33. The molecule has 0 saturated carbocycles. The van der Waals surface area contributed by atoms with E-state index in [1.807, 2.05) is 0 Å². The zero-order chi connectivity index (χ0) is 13.3. The number of aromatic nitrogens is 1. The minimum absolute atomic E-state index is 0.126. The molecule has 0 spiro atoms. The predicted molar refractivity (Wildman–Crippen MR) is 54.4 cm³/mol. The summed E-state index contributed by atoms with van der Waals surface area (Å²) >= 11 is 0. The van der Waals surface area contributed by atoms with Crippen LogP contribution >= 0.6 is 0 Å². The van der Waals surface area contributed by atoms with Gasteiger partial charge in [0.2, 0.25) is 0 Å². The van der Waals surface area contributed by atoms with Crippen molar-refractivity contribution in [3.63, 3.8) is 0 Å². The number of pyridine rings is 1. The van der Waals surface area contributed by atoms with Gasteiger partial charge in [0.15, 0.2) is 11.4 Å². The van der Waals surface area contributed by atoms with Gasteiger partial charge in [-0.25, -0.2) is 21.4 Å². The molecule has 0 fully saturated rings. The third kappa shape index (κ3) is 4.77. The van der Waals surface area contributed by atoms with Crippen LogP contribution in [0.1, 0.15) is 11.4 Å². The van der Waals surface area contributed by atoms with E-state index >= 15 is 0 Å². The lowest BCUT2D eigenvalue weighted by molar-refractivity contribution is -0.684. The summed E-state index contributed by atoms with van der Waals surface area (Å²) in [6.45, 7) is 0. The Hall–Kier alpha value is -1.03. The van der Waals surface area contributed by atoms with Crippen LogP contribution in [-0.4, -0.2) is 25.9 Å². The van der Waals surface area contributed by atoms with Gasteiger partial charge in [0.1, 0.15) is 38.8 Å². The summed E-state index contributed by atoms with van der Waals surface area (Å²) < 4.78 is 64.8. The van der Waals surface area contributed by atoms with Gasteiger partial charge in [-0.1, -0.05) is 0 Å². The van der Waals surface area contributed by atoms with Crippen molar-refractivity contribution >= 4 is 20.2 Å². The molecule has 0 unspecified atom stereocenters. The van der Waals surface area contributed by atoms with Crippen molar-refractivity contribution in [3.8, 4) is 0 Å². The average Bonchev–Trinajstić information content (AvgIpc) is 2.07. The van der Waals surface area contributed by atoms with E-state index in [0.717, 1.165) is 0 Å². The Morgan fingerprint density at radius 2 is 1.35 bits per heavy atom. The summed E-state index contributed by atoms with van der Waals surface area (Å²) in [6, 6.07) is 4.13. The normalized spacial score (nSPS) is 12.6. The zero-order valence-corrected chi connectivity index (χ0v) is 10.5. The second-order valence-electron chi connectivity index (χ2n) is 3.47. The lowest BCUT2D eigenvalue weighted by atomic mass is 10.3. The first-order valence-electron chi connectivity index (χ1n) is 4.42. The van der Waals surface area contributed by atoms with Crippen molar-refractivity contribution in [1.82, 2.24) is 0 Å². The summed E-state index contributed by atoms with van der Waals surface area (Å²) in [5, 5.41) is 0. The van der Waals surface area contributed by atoms with Gasteiger partial charge < -0.3 is 9.11 Å². The van der Waals surface area contributed by atoms with E-state index in [-0.39, 0.29) is 11.4 Å². The molecule has 1 rings (SSSR count). The van der Waals surface area contributed by atoms with Gasteiger partial charge in [-0.2, -0.15) is 0 Å². The topological polar surface area (TPSA) is 118 Å². The zero-order valence-electron chi connectivity index (χ0n) is 8.86. The number of nitrogens with zero attached hydrogens (tertiary/aromatic N) is 1.